The summed E-state index contributed by atoms with van der Waals surface area (Å²) in [6.45, 7) is 4.83. The Kier molecular flexibility index (Phi) is 3.89. The quantitative estimate of drug-likeness (QED) is 0.777. The number of nitrogens with one attached hydrogen (secondary N) is 1. The zero-order valence-electron chi connectivity index (χ0n) is 8.55. The molecular weight excluding hydrogens is 181 g/mol. The Bertz CT molecular complexity index is 301. The van der Waals surface area contributed by atoms with E-state index in [4.69, 9.17) is 0 Å². The van der Waals surface area contributed by atoms with Crippen molar-refractivity contribution < 1.29 is 9.50 Å². The van der Waals surface area contributed by atoms with Gasteiger partial charge in [0.2, 0.25) is 0 Å². The molecule has 0 fully saturated rings. The van der Waals surface area contributed by atoms with Crippen molar-refractivity contribution in [2.45, 2.75) is 26.3 Å². The van der Waals surface area contributed by atoms with E-state index in [1.807, 2.05) is 6.92 Å². The number of phenols is 1. The molecule has 0 heterocycles. The average molecular weight is 197 g/mol. The molecule has 1 atom stereocenters. The highest BCUT2D eigenvalue weighted by atomic mass is 19.1. The normalized spacial score (nSPS) is 12.8. The lowest BCUT2D eigenvalue weighted by Crippen LogP contribution is -2.19. The highest BCUT2D eigenvalue weighted by Crippen LogP contribution is 2.26. The van der Waals surface area contributed by atoms with Crippen LogP contribution in [0, 0.1) is 5.82 Å². The second-order valence-electron chi connectivity index (χ2n) is 3.35. The Labute approximate surface area is 83.8 Å². The maximum Gasteiger partial charge on any atom is 0.165 e. The summed E-state index contributed by atoms with van der Waals surface area (Å²) < 4.78 is 13.0. The molecule has 0 aliphatic rings. The Morgan fingerprint density at radius 1 is 1.50 bits per heavy atom. The molecule has 0 saturated heterocycles. The van der Waals surface area contributed by atoms with Crippen LogP contribution in [0.1, 0.15) is 31.9 Å². The summed E-state index contributed by atoms with van der Waals surface area (Å²) in [5, 5.41) is 12.6. The van der Waals surface area contributed by atoms with Crippen molar-refractivity contribution in [3.05, 3.63) is 29.6 Å². The van der Waals surface area contributed by atoms with Crippen LogP contribution in [0.4, 0.5) is 4.39 Å². The van der Waals surface area contributed by atoms with Gasteiger partial charge in [-0.25, -0.2) is 4.39 Å². The number of para-hydroxylation sites is 1. The summed E-state index contributed by atoms with van der Waals surface area (Å²) in [7, 11) is 0. The second kappa shape index (κ2) is 4.96. The fourth-order valence-electron chi connectivity index (χ4n) is 1.35. The van der Waals surface area contributed by atoms with Crippen LogP contribution < -0.4 is 5.32 Å². The first-order valence-electron chi connectivity index (χ1n) is 4.87. The van der Waals surface area contributed by atoms with Gasteiger partial charge < -0.3 is 10.4 Å². The minimum Gasteiger partial charge on any atom is -0.505 e. The van der Waals surface area contributed by atoms with Crippen LogP contribution in [-0.2, 0) is 0 Å². The Balaban J connectivity index is 2.79. The van der Waals surface area contributed by atoms with Gasteiger partial charge in [0.15, 0.2) is 11.6 Å². The van der Waals surface area contributed by atoms with E-state index in [-0.39, 0.29) is 11.8 Å². The molecule has 0 radical (unpaired) electrons. The van der Waals surface area contributed by atoms with Gasteiger partial charge in [-0.15, -0.1) is 0 Å². The second-order valence-corrected chi connectivity index (χ2v) is 3.35. The third-order valence-corrected chi connectivity index (χ3v) is 2.19. The fourth-order valence-corrected chi connectivity index (χ4v) is 1.35. The van der Waals surface area contributed by atoms with Gasteiger partial charge in [0.05, 0.1) is 0 Å². The molecule has 3 heteroatoms. The van der Waals surface area contributed by atoms with Crippen molar-refractivity contribution in [1.82, 2.24) is 5.32 Å². The van der Waals surface area contributed by atoms with Crippen molar-refractivity contribution >= 4 is 0 Å². The highest BCUT2D eigenvalue weighted by Gasteiger charge is 2.11. The van der Waals surface area contributed by atoms with E-state index in [2.05, 4.69) is 12.2 Å². The van der Waals surface area contributed by atoms with Crippen LogP contribution in [0.25, 0.3) is 0 Å². The molecule has 14 heavy (non-hydrogen) atoms. The van der Waals surface area contributed by atoms with E-state index >= 15 is 0 Å². The van der Waals surface area contributed by atoms with Gasteiger partial charge in [0, 0.05) is 11.6 Å². The van der Waals surface area contributed by atoms with E-state index < -0.39 is 5.82 Å². The molecule has 2 N–H and O–H groups in total. The minimum absolute atomic E-state index is 0.0225. The molecule has 78 valence electrons. The molecule has 0 amide bonds. The maximum atomic E-state index is 13.0. The summed E-state index contributed by atoms with van der Waals surface area (Å²) >= 11 is 0. The van der Waals surface area contributed by atoms with Gasteiger partial charge in [-0.1, -0.05) is 19.1 Å². The summed E-state index contributed by atoms with van der Waals surface area (Å²) in [5.41, 5.74) is 0.610. The first-order valence-corrected chi connectivity index (χ1v) is 4.87. The molecule has 0 spiro atoms. The lowest BCUT2D eigenvalue weighted by atomic mass is 10.1. The topological polar surface area (TPSA) is 32.3 Å². The molecule has 1 aromatic rings. The monoisotopic (exact) mass is 197 g/mol. The van der Waals surface area contributed by atoms with Gasteiger partial charge in [0.25, 0.3) is 0 Å². The van der Waals surface area contributed by atoms with Crippen molar-refractivity contribution in [3.63, 3.8) is 0 Å². The highest BCUT2D eigenvalue weighted by molar-refractivity contribution is 5.35. The molecule has 1 aromatic carbocycles. The number of hydrogen-bond acceptors (Lipinski definition) is 2. The summed E-state index contributed by atoms with van der Waals surface area (Å²) in [6, 6.07) is 4.57. The smallest absolute Gasteiger partial charge is 0.165 e. The van der Waals surface area contributed by atoms with E-state index in [0.29, 0.717) is 5.56 Å². The van der Waals surface area contributed by atoms with Crippen molar-refractivity contribution in [1.29, 1.82) is 0 Å². The molecule has 1 rings (SSSR count). The van der Waals surface area contributed by atoms with Gasteiger partial charge in [-0.05, 0) is 26.0 Å². The zero-order chi connectivity index (χ0) is 10.6. The van der Waals surface area contributed by atoms with E-state index in [1.165, 1.54) is 6.07 Å². The average Bonchev–Trinajstić information content (AvgIpc) is 2.18. The Morgan fingerprint density at radius 3 is 2.86 bits per heavy atom. The summed E-state index contributed by atoms with van der Waals surface area (Å²) in [4.78, 5) is 0. The minimum atomic E-state index is -0.562. The first-order chi connectivity index (χ1) is 6.66. The Hall–Kier alpha value is -1.09. The van der Waals surface area contributed by atoms with Gasteiger partial charge in [-0.3, -0.25) is 0 Å². The third kappa shape index (κ3) is 2.45. The molecule has 1 unspecified atom stereocenters. The number of benzene rings is 1. The molecule has 2 nitrogen and oxygen atoms in total. The summed E-state index contributed by atoms with van der Waals surface area (Å²) in [6.07, 6.45) is 1.01. The zero-order valence-corrected chi connectivity index (χ0v) is 8.55. The predicted octanol–water partition coefficient (Wildman–Crippen LogP) is 2.59. The SMILES string of the molecule is CCCNC(C)c1cccc(F)c1O. The first kappa shape index (κ1) is 11.0. The number of hydrogen-bond donors (Lipinski definition) is 2. The molecule has 0 aromatic heterocycles. The maximum absolute atomic E-state index is 13.0. The van der Waals surface area contributed by atoms with Gasteiger partial charge in [-0.2, -0.15) is 0 Å². The molecule has 0 bridgehead atoms. The van der Waals surface area contributed by atoms with Gasteiger partial charge >= 0.3 is 0 Å². The van der Waals surface area contributed by atoms with Crippen LogP contribution >= 0.6 is 0 Å². The van der Waals surface area contributed by atoms with Crippen LogP contribution in [0.2, 0.25) is 0 Å². The van der Waals surface area contributed by atoms with Crippen molar-refractivity contribution in [3.8, 4) is 5.75 Å². The van der Waals surface area contributed by atoms with Crippen molar-refractivity contribution in [2.24, 2.45) is 0 Å². The summed E-state index contributed by atoms with van der Waals surface area (Å²) in [5.74, 6) is -0.809. The van der Waals surface area contributed by atoms with E-state index in [0.717, 1.165) is 13.0 Å². The third-order valence-electron chi connectivity index (χ3n) is 2.19. The number of aromatic hydroxyl groups is 1. The van der Waals surface area contributed by atoms with Crippen molar-refractivity contribution in [2.75, 3.05) is 6.54 Å². The number of halogens is 1. The predicted molar refractivity (Wildman–Crippen MR) is 54.8 cm³/mol. The number of rotatable bonds is 4. The Morgan fingerprint density at radius 2 is 2.21 bits per heavy atom. The van der Waals surface area contributed by atoms with Crippen LogP contribution in [-0.4, -0.2) is 11.7 Å². The van der Waals surface area contributed by atoms with E-state index in [9.17, 15) is 9.50 Å². The van der Waals surface area contributed by atoms with E-state index in [1.54, 1.807) is 12.1 Å². The largest absolute Gasteiger partial charge is 0.505 e. The molecule has 0 saturated carbocycles. The molecule has 0 aliphatic heterocycles. The van der Waals surface area contributed by atoms with Crippen LogP contribution in [0.3, 0.4) is 0 Å². The lowest BCUT2D eigenvalue weighted by molar-refractivity contribution is 0.415. The molecule has 0 aliphatic carbocycles. The molecular formula is C11H16FNO. The standard InChI is InChI=1S/C11H16FNO/c1-3-7-13-8(2)9-5-4-6-10(12)11(9)14/h4-6,8,13-14H,3,7H2,1-2H3. The van der Waals surface area contributed by atoms with Crippen LogP contribution in [0.5, 0.6) is 5.75 Å². The fraction of sp³-hybridized carbons (Fsp3) is 0.455. The van der Waals surface area contributed by atoms with Crippen LogP contribution in [0.15, 0.2) is 18.2 Å². The number of phenolic OH excluding ortho intramolecular Hbond substituents is 1. The lowest BCUT2D eigenvalue weighted by Gasteiger charge is -2.15. The van der Waals surface area contributed by atoms with Gasteiger partial charge in [0.1, 0.15) is 0 Å².